The van der Waals surface area contributed by atoms with E-state index >= 15 is 0 Å². The van der Waals surface area contributed by atoms with E-state index in [0.29, 0.717) is 6.04 Å². The first kappa shape index (κ1) is 13.6. The van der Waals surface area contributed by atoms with Crippen LogP contribution >= 0.6 is 0 Å². The average molecular weight is 247 g/mol. The maximum atomic E-state index is 10.4. The molecular formula is C16H25NO. The van der Waals surface area contributed by atoms with Crippen molar-refractivity contribution in [2.24, 2.45) is 5.92 Å². The van der Waals surface area contributed by atoms with Gasteiger partial charge in [0.25, 0.3) is 0 Å². The molecule has 18 heavy (non-hydrogen) atoms. The lowest BCUT2D eigenvalue weighted by Crippen LogP contribution is -2.39. The third-order valence-electron chi connectivity index (χ3n) is 4.24. The molecule has 100 valence electrons. The van der Waals surface area contributed by atoms with Crippen molar-refractivity contribution in [3.63, 3.8) is 0 Å². The van der Waals surface area contributed by atoms with Crippen molar-refractivity contribution in [3.8, 4) is 0 Å². The van der Waals surface area contributed by atoms with E-state index in [1.165, 1.54) is 24.8 Å². The Balaban J connectivity index is 1.95. The van der Waals surface area contributed by atoms with Crippen LogP contribution in [0.4, 0.5) is 0 Å². The Morgan fingerprint density at radius 2 is 2.17 bits per heavy atom. The monoisotopic (exact) mass is 247 g/mol. The molecule has 1 aromatic rings. The van der Waals surface area contributed by atoms with Crippen LogP contribution in [0.5, 0.6) is 0 Å². The summed E-state index contributed by atoms with van der Waals surface area (Å²) < 4.78 is 0. The zero-order valence-electron chi connectivity index (χ0n) is 11.5. The van der Waals surface area contributed by atoms with Crippen molar-refractivity contribution in [1.82, 2.24) is 5.32 Å². The van der Waals surface area contributed by atoms with Gasteiger partial charge in [-0.2, -0.15) is 0 Å². The van der Waals surface area contributed by atoms with Crippen LogP contribution in [0.2, 0.25) is 0 Å². The first-order valence-corrected chi connectivity index (χ1v) is 7.17. The molecule has 0 amide bonds. The molecule has 1 heterocycles. The summed E-state index contributed by atoms with van der Waals surface area (Å²) in [6.07, 6.45) is 4.26. The van der Waals surface area contributed by atoms with Crippen molar-refractivity contribution in [1.29, 1.82) is 0 Å². The van der Waals surface area contributed by atoms with Gasteiger partial charge in [-0.15, -0.1) is 0 Å². The summed E-state index contributed by atoms with van der Waals surface area (Å²) in [5, 5.41) is 13.9. The number of aliphatic hydroxyl groups is 1. The molecular weight excluding hydrogens is 222 g/mol. The van der Waals surface area contributed by atoms with Gasteiger partial charge in [-0.1, -0.05) is 37.6 Å². The first-order chi connectivity index (χ1) is 8.70. The van der Waals surface area contributed by atoms with Crippen LogP contribution in [-0.2, 0) is 0 Å². The Labute approximate surface area is 110 Å². The quantitative estimate of drug-likeness (QED) is 0.856. The standard InChI is InChI=1S/C16H25NO/c1-3-13-8-9-17-14(10-13)11-16(18)15-7-5-4-6-12(15)2/h4-7,13-14,16-18H,3,8-11H2,1-2H3. The summed E-state index contributed by atoms with van der Waals surface area (Å²) in [4.78, 5) is 0. The van der Waals surface area contributed by atoms with Crippen molar-refractivity contribution < 1.29 is 5.11 Å². The number of aliphatic hydroxyl groups excluding tert-OH is 1. The topological polar surface area (TPSA) is 32.3 Å². The Morgan fingerprint density at radius 1 is 1.39 bits per heavy atom. The summed E-state index contributed by atoms with van der Waals surface area (Å²) in [5.74, 6) is 0.834. The maximum Gasteiger partial charge on any atom is 0.0807 e. The number of rotatable bonds is 4. The predicted molar refractivity (Wildman–Crippen MR) is 75.6 cm³/mol. The van der Waals surface area contributed by atoms with Crippen LogP contribution in [0.25, 0.3) is 0 Å². The Hall–Kier alpha value is -0.860. The molecule has 0 saturated carbocycles. The summed E-state index contributed by atoms with van der Waals surface area (Å²) in [7, 11) is 0. The minimum atomic E-state index is -0.334. The normalized spacial score (nSPS) is 25.9. The molecule has 0 radical (unpaired) electrons. The number of hydrogen-bond acceptors (Lipinski definition) is 2. The number of aryl methyl sites for hydroxylation is 1. The van der Waals surface area contributed by atoms with Crippen molar-refractivity contribution in [3.05, 3.63) is 35.4 Å². The molecule has 1 aliphatic rings. The molecule has 3 atom stereocenters. The van der Waals surface area contributed by atoms with Gasteiger partial charge < -0.3 is 10.4 Å². The third kappa shape index (κ3) is 3.33. The van der Waals surface area contributed by atoms with E-state index in [1.807, 2.05) is 18.2 Å². The molecule has 1 saturated heterocycles. The Bertz CT molecular complexity index is 377. The molecule has 2 rings (SSSR count). The van der Waals surface area contributed by atoms with E-state index in [9.17, 15) is 5.11 Å². The SMILES string of the molecule is CCC1CCNC(CC(O)c2ccccc2C)C1. The van der Waals surface area contributed by atoms with Crippen LogP contribution in [0, 0.1) is 12.8 Å². The van der Waals surface area contributed by atoms with E-state index in [0.717, 1.165) is 24.4 Å². The van der Waals surface area contributed by atoms with Gasteiger partial charge in [-0.25, -0.2) is 0 Å². The van der Waals surface area contributed by atoms with Crippen molar-refractivity contribution in [2.75, 3.05) is 6.54 Å². The molecule has 3 unspecified atom stereocenters. The van der Waals surface area contributed by atoms with Gasteiger partial charge in [0.15, 0.2) is 0 Å². The highest BCUT2D eigenvalue weighted by Gasteiger charge is 2.23. The Kier molecular flexibility index (Phi) is 4.79. The minimum Gasteiger partial charge on any atom is -0.388 e. The van der Waals surface area contributed by atoms with E-state index in [4.69, 9.17) is 0 Å². The zero-order valence-corrected chi connectivity index (χ0v) is 11.5. The highest BCUT2D eigenvalue weighted by atomic mass is 16.3. The van der Waals surface area contributed by atoms with E-state index in [-0.39, 0.29) is 6.10 Å². The fourth-order valence-electron chi connectivity index (χ4n) is 3.00. The Morgan fingerprint density at radius 3 is 2.89 bits per heavy atom. The van der Waals surface area contributed by atoms with Gasteiger partial charge in [0.05, 0.1) is 6.10 Å². The second kappa shape index (κ2) is 6.35. The zero-order chi connectivity index (χ0) is 13.0. The van der Waals surface area contributed by atoms with E-state index in [1.54, 1.807) is 0 Å². The summed E-state index contributed by atoms with van der Waals surface area (Å²) in [5.41, 5.74) is 2.27. The van der Waals surface area contributed by atoms with Crippen LogP contribution in [0.1, 0.15) is 49.8 Å². The third-order valence-corrected chi connectivity index (χ3v) is 4.24. The van der Waals surface area contributed by atoms with Gasteiger partial charge in [-0.05, 0) is 49.8 Å². The van der Waals surface area contributed by atoms with Crippen LogP contribution in [0.3, 0.4) is 0 Å². The summed E-state index contributed by atoms with van der Waals surface area (Å²) >= 11 is 0. The lowest BCUT2D eigenvalue weighted by atomic mass is 9.86. The number of piperidine rings is 1. The lowest BCUT2D eigenvalue weighted by molar-refractivity contribution is 0.135. The van der Waals surface area contributed by atoms with Crippen LogP contribution < -0.4 is 5.32 Å². The second-order valence-corrected chi connectivity index (χ2v) is 5.56. The molecule has 1 fully saturated rings. The maximum absolute atomic E-state index is 10.4. The van der Waals surface area contributed by atoms with Gasteiger partial charge in [0, 0.05) is 6.04 Å². The number of hydrogen-bond donors (Lipinski definition) is 2. The van der Waals surface area contributed by atoms with Gasteiger partial charge >= 0.3 is 0 Å². The predicted octanol–water partition coefficient (Wildman–Crippen LogP) is 3.20. The van der Waals surface area contributed by atoms with Gasteiger partial charge in [-0.3, -0.25) is 0 Å². The van der Waals surface area contributed by atoms with Crippen LogP contribution in [-0.4, -0.2) is 17.7 Å². The number of benzene rings is 1. The molecule has 0 spiro atoms. The van der Waals surface area contributed by atoms with Crippen LogP contribution in [0.15, 0.2) is 24.3 Å². The lowest BCUT2D eigenvalue weighted by Gasteiger charge is -2.31. The molecule has 1 aliphatic heterocycles. The van der Waals surface area contributed by atoms with Gasteiger partial charge in [0.2, 0.25) is 0 Å². The highest BCUT2D eigenvalue weighted by molar-refractivity contribution is 5.27. The molecule has 1 aromatic carbocycles. The second-order valence-electron chi connectivity index (χ2n) is 5.56. The molecule has 2 N–H and O–H groups in total. The summed E-state index contributed by atoms with van der Waals surface area (Å²) in [6.45, 7) is 5.44. The molecule has 0 aliphatic carbocycles. The van der Waals surface area contributed by atoms with E-state index in [2.05, 4.69) is 25.2 Å². The average Bonchev–Trinajstić information content (AvgIpc) is 2.39. The summed E-state index contributed by atoms with van der Waals surface area (Å²) in [6, 6.07) is 8.62. The molecule has 2 heteroatoms. The van der Waals surface area contributed by atoms with Crippen molar-refractivity contribution >= 4 is 0 Å². The largest absolute Gasteiger partial charge is 0.388 e. The number of nitrogens with one attached hydrogen (secondary N) is 1. The molecule has 2 nitrogen and oxygen atoms in total. The van der Waals surface area contributed by atoms with E-state index < -0.39 is 0 Å². The smallest absolute Gasteiger partial charge is 0.0807 e. The minimum absolute atomic E-state index is 0.334. The fourth-order valence-corrected chi connectivity index (χ4v) is 3.00. The van der Waals surface area contributed by atoms with Gasteiger partial charge in [0.1, 0.15) is 0 Å². The van der Waals surface area contributed by atoms with Crippen molar-refractivity contribution in [2.45, 2.75) is 51.7 Å². The highest BCUT2D eigenvalue weighted by Crippen LogP contribution is 2.27. The molecule has 0 bridgehead atoms. The fraction of sp³-hybridized carbons (Fsp3) is 0.625. The first-order valence-electron chi connectivity index (χ1n) is 7.17. The molecule has 0 aromatic heterocycles.